The second-order valence-corrected chi connectivity index (χ2v) is 5.52. The molecule has 0 saturated carbocycles. The zero-order valence-electron chi connectivity index (χ0n) is 13.5. The second kappa shape index (κ2) is 7.06. The van der Waals surface area contributed by atoms with Crippen LogP contribution in [0.3, 0.4) is 0 Å². The van der Waals surface area contributed by atoms with E-state index in [1.807, 2.05) is 0 Å². The van der Waals surface area contributed by atoms with Crippen molar-refractivity contribution < 1.29 is 0 Å². The molecule has 0 radical (unpaired) electrons. The zero-order valence-corrected chi connectivity index (χ0v) is 13.5. The van der Waals surface area contributed by atoms with Gasteiger partial charge in [0.25, 0.3) is 0 Å². The topological polar surface area (TPSA) is 15.3 Å². The highest BCUT2D eigenvalue weighted by Crippen LogP contribution is 2.35. The summed E-state index contributed by atoms with van der Waals surface area (Å²) in [6.45, 7) is 6.77. The van der Waals surface area contributed by atoms with Crippen molar-refractivity contribution in [3.8, 4) is 0 Å². The van der Waals surface area contributed by atoms with E-state index in [4.69, 9.17) is 0 Å². The summed E-state index contributed by atoms with van der Waals surface area (Å²) in [5.74, 6) is 0. The summed E-state index contributed by atoms with van der Waals surface area (Å²) in [6.07, 6.45) is 3.37. The summed E-state index contributed by atoms with van der Waals surface area (Å²) < 4.78 is 0. The average Bonchev–Trinajstić information content (AvgIpc) is 2.44. The van der Waals surface area contributed by atoms with Crippen molar-refractivity contribution in [3.63, 3.8) is 0 Å². The van der Waals surface area contributed by atoms with Crippen LogP contribution in [0.15, 0.2) is 24.3 Å². The van der Waals surface area contributed by atoms with Gasteiger partial charge in [0, 0.05) is 5.54 Å². The van der Waals surface area contributed by atoms with Crippen LogP contribution >= 0.6 is 0 Å². The third-order valence-corrected chi connectivity index (χ3v) is 4.66. The van der Waals surface area contributed by atoms with Crippen molar-refractivity contribution in [2.24, 2.45) is 0 Å². The summed E-state index contributed by atoms with van der Waals surface area (Å²) in [7, 11) is 6.46. The van der Waals surface area contributed by atoms with E-state index < -0.39 is 0 Å². The Kier molecular flexibility index (Phi) is 6.02. The summed E-state index contributed by atoms with van der Waals surface area (Å²) in [5, 5.41) is 3.54. The number of hydrogen-bond acceptors (Lipinski definition) is 2. The molecule has 0 heterocycles. The fourth-order valence-corrected chi connectivity index (χ4v) is 3.24. The third kappa shape index (κ3) is 3.18. The van der Waals surface area contributed by atoms with Crippen molar-refractivity contribution in [1.29, 1.82) is 0 Å². The lowest BCUT2D eigenvalue weighted by Gasteiger charge is -2.45. The summed E-state index contributed by atoms with van der Waals surface area (Å²) in [6, 6.07) is 9.44. The number of hydrogen-bond donors (Lipinski definition) is 1. The molecule has 1 atom stereocenters. The van der Waals surface area contributed by atoms with Gasteiger partial charge >= 0.3 is 0 Å². The highest BCUT2D eigenvalue weighted by Gasteiger charge is 2.37. The van der Waals surface area contributed by atoms with Crippen LogP contribution in [0.1, 0.15) is 50.8 Å². The van der Waals surface area contributed by atoms with Gasteiger partial charge in [0.15, 0.2) is 0 Å². The molecule has 19 heavy (non-hydrogen) atoms. The monoisotopic (exact) mass is 262 g/mol. The largest absolute Gasteiger partial charge is 0.311 e. The minimum Gasteiger partial charge on any atom is -0.311 e. The second-order valence-electron chi connectivity index (χ2n) is 5.52. The molecule has 0 spiro atoms. The van der Waals surface area contributed by atoms with Crippen LogP contribution in [-0.2, 0) is 6.42 Å². The maximum absolute atomic E-state index is 3.54. The first-order valence-electron chi connectivity index (χ1n) is 7.49. The van der Waals surface area contributed by atoms with Gasteiger partial charge < -0.3 is 10.2 Å². The van der Waals surface area contributed by atoms with Crippen molar-refractivity contribution in [2.75, 3.05) is 21.1 Å². The molecule has 0 aliphatic rings. The average molecular weight is 262 g/mol. The molecule has 0 aromatic heterocycles. The van der Waals surface area contributed by atoms with Gasteiger partial charge in [-0.1, -0.05) is 45.0 Å². The Hall–Kier alpha value is -0.860. The highest BCUT2D eigenvalue weighted by molar-refractivity contribution is 5.28. The maximum Gasteiger partial charge on any atom is 0.0504 e. The van der Waals surface area contributed by atoms with Crippen LogP contribution in [0.5, 0.6) is 0 Å². The van der Waals surface area contributed by atoms with Gasteiger partial charge in [-0.2, -0.15) is 0 Å². The minimum atomic E-state index is 0.169. The van der Waals surface area contributed by atoms with Crippen LogP contribution in [-0.4, -0.2) is 31.6 Å². The molecular weight excluding hydrogens is 232 g/mol. The fourth-order valence-electron chi connectivity index (χ4n) is 3.24. The highest BCUT2D eigenvalue weighted by atomic mass is 15.2. The molecule has 0 bridgehead atoms. The van der Waals surface area contributed by atoms with E-state index in [9.17, 15) is 0 Å². The molecule has 2 nitrogen and oxygen atoms in total. The van der Waals surface area contributed by atoms with E-state index in [-0.39, 0.29) is 5.54 Å². The van der Waals surface area contributed by atoms with Gasteiger partial charge in [0.05, 0.1) is 6.04 Å². The third-order valence-electron chi connectivity index (χ3n) is 4.66. The molecule has 0 fully saturated rings. The molecule has 0 saturated heterocycles. The van der Waals surface area contributed by atoms with E-state index in [1.54, 1.807) is 0 Å². The molecule has 0 aliphatic carbocycles. The lowest BCUT2D eigenvalue weighted by atomic mass is 9.79. The van der Waals surface area contributed by atoms with Gasteiger partial charge in [-0.15, -0.1) is 0 Å². The van der Waals surface area contributed by atoms with Gasteiger partial charge in [-0.05, 0) is 51.5 Å². The predicted octanol–water partition coefficient (Wildman–Crippen LogP) is 3.63. The Morgan fingerprint density at radius 3 is 1.89 bits per heavy atom. The van der Waals surface area contributed by atoms with E-state index in [0.29, 0.717) is 6.04 Å². The minimum absolute atomic E-state index is 0.169. The van der Waals surface area contributed by atoms with Crippen LogP contribution in [0.4, 0.5) is 0 Å². The summed E-state index contributed by atoms with van der Waals surface area (Å²) >= 11 is 0. The Balaban J connectivity index is 3.15. The molecule has 0 aliphatic heterocycles. The van der Waals surface area contributed by atoms with Gasteiger partial charge in [0.2, 0.25) is 0 Å². The lowest BCUT2D eigenvalue weighted by molar-refractivity contribution is 0.0918. The van der Waals surface area contributed by atoms with Gasteiger partial charge in [0.1, 0.15) is 0 Å². The maximum atomic E-state index is 3.54. The van der Waals surface area contributed by atoms with Crippen LogP contribution in [0.2, 0.25) is 0 Å². The first-order chi connectivity index (χ1) is 9.05. The van der Waals surface area contributed by atoms with E-state index in [2.05, 4.69) is 76.4 Å². The lowest BCUT2D eigenvalue weighted by Crippen LogP contribution is -2.52. The number of benzene rings is 1. The summed E-state index contributed by atoms with van der Waals surface area (Å²) in [4.78, 5) is 2.38. The number of likely N-dealkylation sites (N-methyl/N-ethyl adjacent to an activating group) is 2. The first-order valence-corrected chi connectivity index (χ1v) is 7.49. The molecule has 0 amide bonds. The molecule has 108 valence electrons. The van der Waals surface area contributed by atoms with Gasteiger partial charge in [-0.3, -0.25) is 0 Å². The van der Waals surface area contributed by atoms with Crippen LogP contribution < -0.4 is 5.32 Å². The van der Waals surface area contributed by atoms with Crippen LogP contribution in [0.25, 0.3) is 0 Å². The van der Waals surface area contributed by atoms with E-state index >= 15 is 0 Å². The summed E-state index contributed by atoms with van der Waals surface area (Å²) in [5.41, 5.74) is 2.96. The Morgan fingerprint density at radius 1 is 1.05 bits per heavy atom. The van der Waals surface area contributed by atoms with Crippen molar-refractivity contribution in [3.05, 3.63) is 35.4 Å². The quantitative estimate of drug-likeness (QED) is 0.807. The van der Waals surface area contributed by atoms with Gasteiger partial charge in [-0.25, -0.2) is 0 Å². The molecule has 1 aromatic carbocycles. The number of rotatable bonds is 7. The van der Waals surface area contributed by atoms with Crippen molar-refractivity contribution in [1.82, 2.24) is 10.2 Å². The normalized spacial score (nSPS) is 13.8. The molecule has 1 unspecified atom stereocenters. The van der Waals surface area contributed by atoms with Crippen molar-refractivity contribution >= 4 is 0 Å². The predicted molar refractivity (Wildman–Crippen MR) is 84.6 cm³/mol. The zero-order chi connectivity index (χ0) is 14.5. The fraction of sp³-hybridized carbons (Fsp3) is 0.647. The van der Waals surface area contributed by atoms with Crippen LogP contribution in [0, 0.1) is 0 Å². The Morgan fingerprint density at radius 2 is 1.58 bits per heavy atom. The molecular formula is C17H30N2. The Labute approximate surface area is 119 Å². The molecule has 2 heteroatoms. The first kappa shape index (κ1) is 16.2. The van der Waals surface area contributed by atoms with Crippen molar-refractivity contribution in [2.45, 2.75) is 51.6 Å². The number of nitrogens with one attached hydrogen (secondary N) is 1. The molecule has 1 N–H and O–H groups in total. The SMILES string of the molecule is CCc1ccc(C(NC)C(CC)(CC)N(C)C)cc1. The molecule has 1 rings (SSSR count). The Bertz CT molecular complexity index is 363. The number of aryl methyl sites for hydroxylation is 1. The number of nitrogens with zero attached hydrogens (tertiary/aromatic N) is 1. The van der Waals surface area contributed by atoms with E-state index in [0.717, 1.165) is 19.3 Å². The van der Waals surface area contributed by atoms with E-state index in [1.165, 1.54) is 11.1 Å². The molecule has 1 aromatic rings. The smallest absolute Gasteiger partial charge is 0.0504 e. The standard InChI is InChI=1S/C17H30N2/c1-7-14-10-12-15(13-11-14)16(18-4)17(8-2,9-3)19(5)6/h10-13,16,18H,7-9H2,1-6H3.